The van der Waals surface area contributed by atoms with E-state index >= 15 is 0 Å². The van der Waals surface area contributed by atoms with Crippen LogP contribution in [0, 0.1) is 0 Å². The molecule has 0 heterocycles. The Hall–Kier alpha value is -3.18. The van der Waals surface area contributed by atoms with E-state index in [4.69, 9.17) is 21.1 Å². The molecule has 0 bridgehead atoms. The molecule has 0 unspecified atom stereocenters. The molecule has 156 valence electrons. The Kier molecular flexibility index (Phi) is 7.57. The molecule has 0 aromatic heterocycles. The van der Waals surface area contributed by atoms with Gasteiger partial charge in [0.25, 0.3) is 0 Å². The van der Waals surface area contributed by atoms with Crippen molar-refractivity contribution in [1.82, 2.24) is 5.32 Å². The number of hydrogen-bond acceptors (Lipinski definition) is 3. The van der Waals surface area contributed by atoms with E-state index in [9.17, 15) is 4.79 Å². The van der Waals surface area contributed by atoms with Gasteiger partial charge in [-0.15, -0.1) is 0 Å². The third-order valence-corrected chi connectivity index (χ3v) is 5.14. The quantitative estimate of drug-likeness (QED) is 0.487. The SMILES string of the molecule is COc1cc(OC)c(NC(=O)NCCC(c2ccccc2)c2ccccc2)cc1Cl. The fourth-order valence-corrected chi connectivity index (χ4v) is 3.59. The standard InChI is InChI=1S/C24H25ClN2O3/c1-29-22-16-23(30-2)21(15-20(22)25)27-24(28)26-14-13-19(17-9-5-3-6-10-17)18-11-7-4-8-12-18/h3-12,15-16,19H,13-14H2,1-2H3,(H2,26,27,28). The minimum Gasteiger partial charge on any atom is -0.495 e. The molecule has 0 aliphatic rings. The second kappa shape index (κ2) is 10.6. The third-order valence-electron chi connectivity index (χ3n) is 4.84. The lowest BCUT2D eigenvalue weighted by atomic mass is 9.88. The van der Waals surface area contributed by atoms with Crippen molar-refractivity contribution in [3.05, 3.63) is 88.9 Å². The van der Waals surface area contributed by atoms with Crippen LogP contribution in [-0.4, -0.2) is 26.8 Å². The molecule has 3 aromatic carbocycles. The molecule has 2 N–H and O–H groups in total. The van der Waals surface area contributed by atoms with Crippen molar-refractivity contribution in [2.75, 3.05) is 26.1 Å². The van der Waals surface area contributed by atoms with Crippen molar-refractivity contribution in [1.29, 1.82) is 0 Å². The second-order valence-electron chi connectivity index (χ2n) is 6.73. The molecular formula is C24H25ClN2O3. The molecule has 0 radical (unpaired) electrons. The van der Waals surface area contributed by atoms with E-state index in [1.807, 2.05) is 36.4 Å². The normalized spacial score (nSPS) is 10.5. The van der Waals surface area contributed by atoms with E-state index in [1.54, 1.807) is 12.1 Å². The van der Waals surface area contributed by atoms with Crippen molar-refractivity contribution in [3.63, 3.8) is 0 Å². The van der Waals surface area contributed by atoms with Crippen LogP contribution in [0.4, 0.5) is 10.5 Å². The van der Waals surface area contributed by atoms with Crippen molar-refractivity contribution < 1.29 is 14.3 Å². The molecule has 0 saturated carbocycles. The molecule has 0 saturated heterocycles. The minimum absolute atomic E-state index is 0.192. The number of carbonyl (C=O) groups excluding carboxylic acids is 1. The number of rotatable bonds is 8. The van der Waals surface area contributed by atoms with Gasteiger partial charge < -0.3 is 20.1 Å². The van der Waals surface area contributed by atoms with Crippen LogP contribution < -0.4 is 20.1 Å². The first-order valence-corrected chi connectivity index (χ1v) is 10.1. The first-order chi connectivity index (χ1) is 14.6. The van der Waals surface area contributed by atoms with Crippen LogP contribution in [0.3, 0.4) is 0 Å². The summed E-state index contributed by atoms with van der Waals surface area (Å²) in [4.78, 5) is 12.4. The monoisotopic (exact) mass is 424 g/mol. The summed E-state index contributed by atoms with van der Waals surface area (Å²) in [6.45, 7) is 0.506. The summed E-state index contributed by atoms with van der Waals surface area (Å²) in [5.41, 5.74) is 2.91. The van der Waals surface area contributed by atoms with E-state index in [1.165, 1.54) is 25.3 Å². The van der Waals surface area contributed by atoms with E-state index in [0.29, 0.717) is 28.8 Å². The van der Waals surface area contributed by atoms with Crippen molar-refractivity contribution in [2.45, 2.75) is 12.3 Å². The Labute approximate surface area is 182 Å². The summed E-state index contributed by atoms with van der Waals surface area (Å²) in [5.74, 6) is 1.14. The molecule has 0 fully saturated rings. The van der Waals surface area contributed by atoms with Crippen LogP contribution in [-0.2, 0) is 0 Å². The van der Waals surface area contributed by atoms with Crippen molar-refractivity contribution in [2.24, 2.45) is 0 Å². The first kappa shape index (κ1) is 21.5. The van der Waals surface area contributed by atoms with Crippen LogP contribution in [0.2, 0.25) is 5.02 Å². The van der Waals surface area contributed by atoms with Gasteiger partial charge in [0.05, 0.1) is 24.9 Å². The van der Waals surface area contributed by atoms with E-state index in [0.717, 1.165) is 6.42 Å². The number of ether oxygens (including phenoxy) is 2. The van der Waals surface area contributed by atoms with Gasteiger partial charge in [0.2, 0.25) is 0 Å². The van der Waals surface area contributed by atoms with Crippen LogP contribution in [0.15, 0.2) is 72.8 Å². The molecular weight excluding hydrogens is 400 g/mol. The number of urea groups is 1. The van der Waals surface area contributed by atoms with Gasteiger partial charge in [0.1, 0.15) is 11.5 Å². The van der Waals surface area contributed by atoms with Gasteiger partial charge in [-0.2, -0.15) is 0 Å². The minimum atomic E-state index is -0.325. The van der Waals surface area contributed by atoms with Gasteiger partial charge in [0.15, 0.2) is 0 Å². The Morgan fingerprint density at radius 2 is 1.47 bits per heavy atom. The molecule has 5 nitrogen and oxygen atoms in total. The van der Waals surface area contributed by atoms with Crippen molar-refractivity contribution in [3.8, 4) is 11.5 Å². The summed E-state index contributed by atoms with van der Waals surface area (Å²) in [5, 5.41) is 6.10. The van der Waals surface area contributed by atoms with E-state index < -0.39 is 0 Å². The Morgan fingerprint density at radius 3 is 2.00 bits per heavy atom. The molecule has 0 atom stereocenters. The maximum Gasteiger partial charge on any atom is 0.319 e. The molecule has 0 aliphatic heterocycles. The molecule has 2 amide bonds. The topological polar surface area (TPSA) is 59.6 Å². The fourth-order valence-electron chi connectivity index (χ4n) is 3.35. The predicted octanol–water partition coefficient (Wildman–Crippen LogP) is 5.70. The molecule has 0 aliphatic carbocycles. The lowest BCUT2D eigenvalue weighted by Gasteiger charge is -2.19. The van der Waals surface area contributed by atoms with Gasteiger partial charge >= 0.3 is 6.03 Å². The highest BCUT2D eigenvalue weighted by Crippen LogP contribution is 2.35. The van der Waals surface area contributed by atoms with Gasteiger partial charge in [-0.25, -0.2) is 4.79 Å². The summed E-state index contributed by atoms with van der Waals surface area (Å²) >= 11 is 6.17. The summed E-state index contributed by atoms with van der Waals surface area (Å²) in [6, 6.07) is 23.5. The average Bonchev–Trinajstić information content (AvgIpc) is 2.78. The zero-order chi connectivity index (χ0) is 21.3. The van der Waals surface area contributed by atoms with E-state index in [2.05, 4.69) is 34.9 Å². The second-order valence-corrected chi connectivity index (χ2v) is 7.14. The number of nitrogens with one attached hydrogen (secondary N) is 2. The maximum absolute atomic E-state index is 12.4. The number of benzene rings is 3. The lowest BCUT2D eigenvalue weighted by Crippen LogP contribution is -2.30. The summed E-state index contributed by atoms with van der Waals surface area (Å²) in [7, 11) is 3.05. The van der Waals surface area contributed by atoms with Crippen LogP contribution >= 0.6 is 11.6 Å². The highest BCUT2D eigenvalue weighted by atomic mass is 35.5. The summed E-state index contributed by atoms with van der Waals surface area (Å²) < 4.78 is 10.5. The zero-order valence-electron chi connectivity index (χ0n) is 17.0. The van der Waals surface area contributed by atoms with Gasteiger partial charge in [0, 0.05) is 18.5 Å². The number of anilines is 1. The maximum atomic E-state index is 12.4. The Morgan fingerprint density at radius 1 is 0.900 bits per heavy atom. The lowest BCUT2D eigenvalue weighted by molar-refractivity contribution is 0.251. The number of carbonyl (C=O) groups is 1. The van der Waals surface area contributed by atoms with Crippen LogP contribution in [0.25, 0.3) is 0 Å². The third kappa shape index (κ3) is 5.45. The van der Waals surface area contributed by atoms with Gasteiger partial charge in [-0.3, -0.25) is 0 Å². The number of amides is 2. The zero-order valence-corrected chi connectivity index (χ0v) is 17.8. The predicted molar refractivity (Wildman–Crippen MR) is 121 cm³/mol. The highest BCUT2D eigenvalue weighted by Gasteiger charge is 2.15. The van der Waals surface area contributed by atoms with Gasteiger partial charge in [-0.05, 0) is 23.6 Å². The van der Waals surface area contributed by atoms with Crippen LogP contribution in [0.5, 0.6) is 11.5 Å². The number of hydrogen-bond donors (Lipinski definition) is 2. The Balaban J connectivity index is 1.65. The average molecular weight is 425 g/mol. The van der Waals surface area contributed by atoms with Crippen molar-refractivity contribution >= 4 is 23.3 Å². The molecule has 0 spiro atoms. The molecule has 30 heavy (non-hydrogen) atoms. The van der Waals surface area contributed by atoms with Crippen LogP contribution in [0.1, 0.15) is 23.5 Å². The molecule has 3 aromatic rings. The van der Waals surface area contributed by atoms with E-state index in [-0.39, 0.29) is 11.9 Å². The smallest absolute Gasteiger partial charge is 0.319 e. The Bertz CT molecular complexity index is 925. The van der Waals surface area contributed by atoms with Gasteiger partial charge in [-0.1, -0.05) is 72.3 Å². The molecule has 6 heteroatoms. The number of halogens is 1. The summed E-state index contributed by atoms with van der Waals surface area (Å²) in [6.07, 6.45) is 0.766. The molecule has 3 rings (SSSR count). The first-order valence-electron chi connectivity index (χ1n) is 9.68. The largest absolute Gasteiger partial charge is 0.495 e. The number of methoxy groups -OCH3 is 2. The highest BCUT2D eigenvalue weighted by molar-refractivity contribution is 6.32. The fraction of sp³-hybridized carbons (Fsp3) is 0.208.